The lowest BCUT2D eigenvalue weighted by Gasteiger charge is -2.08. The van der Waals surface area contributed by atoms with Gasteiger partial charge in [-0.1, -0.05) is 6.07 Å². The first-order valence-corrected chi connectivity index (χ1v) is 8.16. The zero-order chi connectivity index (χ0) is 16.8. The van der Waals surface area contributed by atoms with Gasteiger partial charge in [-0.05, 0) is 24.3 Å². The average Bonchev–Trinajstić information content (AvgIpc) is 3.14. The number of ether oxygens (including phenoxy) is 1. The van der Waals surface area contributed by atoms with Gasteiger partial charge in [0, 0.05) is 28.9 Å². The first kappa shape index (κ1) is 15.9. The molecule has 3 rings (SSSR count). The number of hydrogen-bond acceptors (Lipinski definition) is 6. The minimum absolute atomic E-state index is 0.195. The molecule has 24 heavy (non-hydrogen) atoms. The van der Waals surface area contributed by atoms with Crippen LogP contribution in [0.15, 0.2) is 54.2 Å². The number of rotatable bonds is 6. The summed E-state index contributed by atoms with van der Waals surface area (Å²) < 4.78 is 5.00. The lowest BCUT2D eigenvalue weighted by atomic mass is 10.2. The number of nitrogens with one attached hydrogen (secondary N) is 2. The number of carbonyl (C=O) groups excluding carboxylic acids is 1. The van der Waals surface area contributed by atoms with E-state index in [4.69, 9.17) is 4.74 Å². The number of aromatic nitrogens is 2. The number of nitrogens with zero attached hydrogens (tertiary/aromatic N) is 2. The van der Waals surface area contributed by atoms with Crippen LogP contribution in [-0.4, -0.2) is 23.0 Å². The zero-order valence-electron chi connectivity index (χ0n) is 13.0. The molecule has 0 saturated heterocycles. The predicted molar refractivity (Wildman–Crippen MR) is 94.6 cm³/mol. The zero-order valence-corrected chi connectivity index (χ0v) is 13.8. The molecule has 122 valence electrons. The van der Waals surface area contributed by atoms with Crippen molar-refractivity contribution >= 4 is 28.6 Å². The SMILES string of the molecule is COc1ccc(NC(=O)c2cccc(NCc3nccs3)c2)cn1. The summed E-state index contributed by atoms with van der Waals surface area (Å²) in [5.41, 5.74) is 2.04. The highest BCUT2D eigenvalue weighted by Gasteiger charge is 2.07. The maximum absolute atomic E-state index is 12.3. The molecule has 0 unspecified atom stereocenters. The molecule has 0 radical (unpaired) electrons. The molecule has 0 fully saturated rings. The molecule has 7 heteroatoms. The number of thiazole rings is 1. The first-order chi connectivity index (χ1) is 11.7. The normalized spacial score (nSPS) is 10.2. The molecule has 1 aromatic carbocycles. The minimum atomic E-state index is -0.195. The van der Waals surface area contributed by atoms with Crippen LogP contribution < -0.4 is 15.4 Å². The number of methoxy groups -OCH3 is 1. The fourth-order valence-corrected chi connectivity index (χ4v) is 2.62. The largest absolute Gasteiger partial charge is 0.481 e. The van der Waals surface area contributed by atoms with E-state index in [-0.39, 0.29) is 5.91 Å². The molecule has 1 amide bonds. The third-order valence-electron chi connectivity index (χ3n) is 3.26. The molecule has 0 bridgehead atoms. The van der Waals surface area contributed by atoms with Gasteiger partial charge in [0.25, 0.3) is 5.91 Å². The van der Waals surface area contributed by atoms with E-state index in [2.05, 4.69) is 20.6 Å². The second-order valence-corrected chi connectivity index (χ2v) is 5.88. The fourth-order valence-electron chi connectivity index (χ4n) is 2.07. The Morgan fingerprint density at radius 3 is 2.83 bits per heavy atom. The van der Waals surface area contributed by atoms with Crippen molar-refractivity contribution < 1.29 is 9.53 Å². The number of pyridine rings is 1. The van der Waals surface area contributed by atoms with Crippen LogP contribution in [0.3, 0.4) is 0 Å². The third kappa shape index (κ3) is 4.08. The molecule has 2 N–H and O–H groups in total. The van der Waals surface area contributed by atoms with E-state index in [9.17, 15) is 4.79 Å². The van der Waals surface area contributed by atoms with Crippen molar-refractivity contribution in [3.63, 3.8) is 0 Å². The van der Waals surface area contributed by atoms with Crippen LogP contribution in [0.5, 0.6) is 5.88 Å². The van der Waals surface area contributed by atoms with E-state index in [1.807, 2.05) is 17.5 Å². The highest BCUT2D eigenvalue weighted by atomic mass is 32.1. The Balaban J connectivity index is 1.64. The van der Waals surface area contributed by atoms with Gasteiger partial charge in [-0.2, -0.15) is 0 Å². The van der Waals surface area contributed by atoms with E-state index in [1.54, 1.807) is 55.1 Å². The molecule has 3 aromatic rings. The average molecular weight is 340 g/mol. The number of benzene rings is 1. The molecular weight excluding hydrogens is 324 g/mol. The molecule has 0 saturated carbocycles. The summed E-state index contributed by atoms with van der Waals surface area (Å²) in [6.45, 7) is 0.630. The summed E-state index contributed by atoms with van der Waals surface area (Å²) in [5, 5.41) is 9.00. The summed E-state index contributed by atoms with van der Waals surface area (Å²) in [7, 11) is 1.55. The Hall–Kier alpha value is -2.93. The van der Waals surface area contributed by atoms with Crippen molar-refractivity contribution in [2.75, 3.05) is 17.7 Å². The van der Waals surface area contributed by atoms with Crippen molar-refractivity contribution in [2.24, 2.45) is 0 Å². The van der Waals surface area contributed by atoms with Crippen molar-refractivity contribution in [1.29, 1.82) is 0 Å². The number of carbonyl (C=O) groups is 1. The summed E-state index contributed by atoms with van der Waals surface area (Å²) in [4.78, 5) is 20.6. The highest BCUT2D eigenvalue weighted by Crippen LogP contribution is 2.16. The number of anilines is 2. The van der Waals surface area contributed by atoms with Gasteiger partial charge in [0.15, 0.2) is 0 Å². The van der Waals surface area contributed by atoms with Gasteiger partial charge in [-0.25, -0.2) is 9.97 Å². The van der Waals surface area contributed by atoms with E-state index in [1.165, 1.54) is 0 Å². The minimum Gasteiger partial charge on any atom is -0.481 e. The molecule has 0 aliphatic rings. The fraction of sp³-hybridized carbons (Fsp3) is 0.118. The first-order valence-electron chi connectivity index (χ1n) is 7.28. The van der Waals surface area contributed by atoms with Crippen LogP contribution in [-0.2, 0) is 6.54 Å². The van der Waals surface area contributed by atoms with E-state index >= 15 is 0 Å². The van der Waals surface area contributed by atoms with Crippen molar-refractivity contribution in [3.05, 3.63) is 64.7 Å². The number of amides is 1. The van der Waals surface area contributed by atoms with Crippen LogP contribution in [0.25, 0.3) is 0 Å². The van der Waals surface area contributed by atoms with Gasteiger partial charge < -0.3 is 15.4 Å². The molecule has 2 aromatic heterocycles. The van der Waals surface area contributed by atoms with Crippen molar-refractivity contribution in [2.45, 2.75) is 6.54 Å². The van der Waals surface area contributed by atoms with E-state index in [0.717, 1.165) is 10.7 Å². The quantitative estimate of drug-likeness (QED) is 0.719. The van der Waals surface area contributed by atoms with Crippen LogP contribution in [0.2, 0.25) is 0 Å². The van der Waals surface area contributed by atoms with Crippen LogP contribution in [0, 0.1) is 0 Å². The molecule has 0 spiro atoms. The summed E-state index contributed by atoms with van der Waals surface area (Å²) in [5.74, 6) is 0.307. The maximum Gasteiger partial charge on any atom is 0.255 e. The van der Waals surface area contributed by atoms with E-state index < -0.39 is 0 Å². The second-order valence-electron chi connectivity index (χ2n) is 4.90. The summed E-state index contributed by atoms with van der Waals surface area (Å²) >= 11 is 1.59. The van der Waals surface area contributed by atoms with E-state index in [0.29, 0.717) is 23.7 Å². The third-order valence-corrected chi connectivity index (χ3v) is 4.03. The second kappa shape index (κ2) is 7.56. The molecule has 0 aliphatic heterocycles. The van der Waals surface area contributed by atoms with Crippen molar-refractivity contribution in [1.82, 2.24) is 9.97 Å². The predicted octanol–water partition coefficient (Wildman–Crippen LogP) is 3.41. The Kier molecular flexibility index (Phi) is 5.02. The number of hydrogen-bond donors (Lipinski definition) is 2. The van der Waals surface area contributed by atoms with Crippen LogP contribution >= 0.6 is 11.3 Å². The van der Waals surface area contributed by atoms with Gasteiger partial charge in [0.1, 0.15) is 5.01 Å². The Morgan fingerprint density at radius 2 is 2.12 bits per heavy atom. The Bertz CT molecular complexity index is 804. The molecule has 6 nitrogen and oxygen atoms in total. The Labute approximate surface area is 143 Å². The van der Waals surface area contributed by atoms with Gasteiger partial charge in [0.05, 0.1) is 25.5 Å². The Morgan fingerprint density at radius 1 is 1.21 bits per heavy atom. The topological polar surface area (TPSA) is 76.1 Å². The van der Waals surface area contributed by atoms with Crippen molar-refractivity contribution in [3.8, 4) is 5.88 Å². The summed E-state index contributed by atoms with van der Waals surface area (Å²) in [6.07, 6.45) is 3.33. The molecule has 0 atom stereocenters. The molecule has 2 heterocycles. The standard InChI is InChI=1S/C17H16N4O2S/c1-23-15-6-5-14(10-20-15)21-17(22)12-3-2-4-13(9-12)19-11-16-18-7-8-24-16/h2-10,19H,11H2,1H3,(H,21,22). The maximum atomic E-state index is 12.3. The lowest BCUT2D eigenvalue weighted by Crippen LogP contribution is -2.12. The summed E-state index contributed by atoms with van der Waals surface area (Å²) in [6, 6.07) is 10.8. The van der Waals surface area contributed by atoms with Gasteiger partial charge >= 0.3 is 0 Å². The van der Waals surface area contributed by atoms with Crippen LogP contribution in [0.1, 0.15) is 15.4 Å². The van der Waals surface area contributed by atoms with Crippen LogP contribution in [0.4, 0.5) is 11.4 Å². The van der Waals surface area contributed by atoms with Gasteiger partial charge in [0.2, 0.25) is 5.88 Å². The van der Waals surface area contributed by atoms with Gasteiger partial charge in [-0.15, -0.1) is 11.3 Å². The smallest absolute Gasteiger partial charge is 0.255 e. The molecular formula is C17H16N4O2S. The van der Waals surface area contributed by atoms with Gasteiger partial charge in [-0.3, -0.25) is 4.79 Å². The highest BCUT2D eigenvalue weighted by molar-refractivity contribution is 7.09. The monoisotopic (exact) mass is 340 g/mol. The lowest BCUT2D eigenvalue weighted by molar-refractivity contribution is 0.102. The molecule has 0 aliphatic carbocycles.